The molecule has 53 heavy (non-hydrogen) atoms. The van der Waals surface area contributed by atoms with Crippen molar-refractivity contribution in [3.05, 3.63) is 75.8 Å². The highest BCUT2D eigenvalue weighted by Crippen LogP contribution is 2.45. The molecule has 3 fully saturated rings. The summed E-state index contributed by atoms with van der Waals surface area (Å²) < 4.78 is 13.6. The molecule has 0 radical (unpaired) electrons. The van der Waals surface area contributed by atoms with Crippen molar-refractivity contribution in [2.75, 3.05) is 64.3 Å². The minimum Gasteiger partial charge on any atom is -0.496 e. The van der Waals surface area contributed by atoms with Gasteiger partial charge in [-0.1, -0.05) is 0 Å². The summed E-state index contributed by atoms with van der Waals surface area (Å²) in [4.78, 5) is 63.2. The van der Waals surface area contributed by atoms with Crippen LogP contribution in [0.3, 0.4) is 0 Å². The first-order chi connectivity index (χ1) is 25.5. The topological polar surface area (TPSA) is 130 Å². The van der Waals surface area contributed by atoms with Crippen LogP contribution in [-0.4, -0.2) is 97.6 Å². The first kappa shape index (κ1) is 34.6. The second-order valence-electron chi connectivity index (χ2n) is 15.2. The third-order valence-corrected chi connectivity index (χ3v) is 11.7. The molecule has 1 N–H and O–H groups in total. The number of pyridine rings is 2. The van der Waals surface area contributed by atoms with Crippen molar-refractivity contribution < 1.29 is 23.9 Å². The predicted octanol–water partition coefficient (Wildman–Crippen LogP) is 3.55. The molecule has 3 saturated heterocycles. The van der Waals surface area contributed by atoms with Gasteiger partial charge in [-0.3, -0.25) is 29.4 Å². The van der Waals surface area contributed by atoms with Crippen molar-refractivity contribution >= 4 is 40.0 Å². The Morgan fingerprint density at radius 1 is 0.943 bits per heavy atom. The van der Waals surface area contributed by atoms with E-state index in [2.05, 4.69) is 26.2 Å². The van der Waals surface area contributed by atoms with E-state index in [9.17, 15) is 19.2 Å². The Labute approximate surface area is 308 Å². The number of aromatic nitrogens is 2. The summed E-state index contributed by atoms with van der Waals surface area (Å²) in [5, 5.41) is 3.75. The van der Waals surface area contributed by atoms with Crippen LogP contribution in [0.1, 0.15) is 47.2 Å². The lowest BCUT2D eigenvalue weighted by molar-refractivity contribution is -0.136. The van der Waals surface area contributed by atoms with E-state index in [0.717, 1.165) is 89.7 Å². The van der Waals surface area contributed by atoms with Gasteiger partial charge in [-0.05, 0) is 79.9 Å². The van der Waals surface area contributed by atoms with Crippen LogP contribution in [-0.2, 0) is 29.7 Å². The maximum atomic E-state index is 13.2. The van der Waals surface area contributed by atoms with Gasteiger partial charge in [-0.2, -0.15) is 0 Å². The molecule has 0 bridgehead atoms. The fraction of sp³-hybridized carbons (Fsp3) is 0.425. The summed E-state index contributed by atoms with van der Waals surface area (Å²) in [6, 6.07) is 11.4. The van der Waals surface area contributed by atoms with Crippen molar-refractivity contribution in [3.63, 3.8) is 0 Å². The van der Waals surface area contributed by atoms with E-state index in [4.69, 9.17) is 9.47 Å². The fourth-order valence-corrected chi connectivity index (χ4v) is 8.55. The zero-order chi connectivity index (χ0) is 37.2. The summed E-state index contributed by atoms with van der Waals surface area (Å²) in [6.45, 7) is 4.90. The van der Waals surface area contributed by atoms with Gasteiger partial charge >= 0.3 is 0 Å². The number of imide groups is 1. The van der Waals surface area contributed by atoms with Crippen LogP contribution in [0.5, 0.6) is 11.5 Å². The fourth-order valence-electron chi connectivity index (χ4n) is 8.55. The van der Waals surface area contributed by atoms with E-state index >= 15 is 0 Å². The van der Waals surface area contributed by atoms with E-state index in [-0.39, 0.29) is 35.1 Å². The quantitative estimate of drug-likeness (QED) is 0.270. The highest BCUT2D eigenvalue weighted by Gasteiger charge is 2.46. The normalized spacial score (nSPS) is 19.7. The third kappa shape index (κ3) is 6.06. The van der Waals surface area contributed by atoms with Crippen LogP contribution in [0.4, 0.5) is 11.5 Å². The number of nitrogens with zero attached hydrogens (tertiary/aromatic N) is 6. The van der Waals surface area contributed by atoms with Gasteiger partial charge in [0, 0.05) is 93.8 Å². The number of fused-ring (bicyclic) bond motifs is 2. The first-order valence-corrected chi connectivity index (χ1v) is 18.1. The molecule has 2 aromatic heterocycles. The Bertz CT molecular complexity index is 2190. The van der Waals surface area contributed by atoms with Gasteiger partial charge in [-0.15, -0.1) is 0 Å². The van der Waals surface area contributed by atoms with Crippen molar-refractivity contribution in [1.29, 1.82) is 0 Å². The van der Waals surface area contributed by atoms with Gasteiger partial charge in [0.1, 0.15) is 23.4 Å². The SMILES string of the molecule is COc1cc(-c2cn(C)c(=O)c3cnc(N(C)C)cc23)cc(OC)c1CN1CCC2(CC1)CN(c1ccc3c(c1)CN(C1CCC(=O)NC1=O)C3=O)C2. The molecule has 6 heterocycles. The molecule has 1 unspecified atom stereocenters. The number of ether oxygens (including phenoxy) is 2. The lowest BCUT2D eigenvalue weighted by atomic mass is 9.71. The molecule has 4 aliphatic rings. The molecule has 0 saturated carbocycles. The minimum absolute atomic E-state index is 0.100. The molecule has 13 nitrogen and oxygen atoms in total. The summed E-state index contributed by atoms with van der Waals surface area (Å²) >= 11 is 0. The van der Waals surface area contributed by atoms with Crippen molar-refractivity contribution in [1.82, 2.24) is 24.7 Å². The molecule has 4 aromatic rings. The highest BCUT2D eigenvalue weighted by molar-refractivity contribution is 6.05. The molecule has 1 atom stereocenters. The molecule has 276 valence electrons. The molecule has 3 amide bonds. The Hall–Kier alpha value is -5.43. The Kier molecular flexibility index (Phi) is 8.63. The van der Waals surface area contributed by atoms with E-state index in [1.165, 1.54) is 0 Å². The Morgan fingerprint density at radius 3 is 2.32 bits per heavy atom. The summed E-state index contributed by atoms with van der Waals surface area (Å²) in [5.74, 6) is 1.43. The Morgan fingerprint density at radius 2 is 1.66 bits per heavy atom. The molecule has 8 rings (SSSR count). The van der Waals surface area contributed by atoms with Crippen molar-refractivity contribution in [3.8, 4) is 22.6 Å². The number of methoxy groups -OCH3 is 2. The third-order valence-electron chi connectivity index (χ3n) is 11.7. The lowest BCUT2D eigenvalue weighted by Gasteiger charge is -2.55. The van der Waals surface area contributed by atoms with Crippen LogP contribution in [0.2, 0.25) is 0 Å². The number of likely N-dealkylation sites (tertiary alicyclic amines) is 1. The molecule has 0 aliphatic carbocycles. The van der Waals surface area contributed by atoms with Gasteiger partial charge in [0.2, 0.25) is 11.8 Å². The number of aryl methyl sites for hydroxylation is 1. The smallest absolute Gasteiger partial charge is 0.259 e. The second-order valence-corrected chi connectivity index (χ2v) is 15.2. The van der Waals surface area contributed by atoms with E-state index in [1.807, 2.05) is 55.5 Å². The van der Waals surface area contributed by atoms with Gasteiger partial charge < -0.3 is 28.7 Å². The largest absolute Gasteiger partial charge is 0.496 e. The van der Waals surface area contributed by atoms with Crippen LogP contribution >= 0.6 is 0 Å². The van der Waals surface area contributed by atoms with Crippen LogP contribution in [0, 0.1) is 5.41 Å². The number of amides is 3. The lowest BCUT2D eigenvalue weighted by Crippen LogP contribution is -2.60. The zero-order valence-electron chi connectivity index (χ0n) is 30.9. The highest BCUT2D eigenvalue weighted by atomic mass is 16.5. The molecule has 2 aromatic carbocycles. The van der Waals surface area contributed by atoms with Crippen LogP contribution in [0.25, 0.3) is 21.9 Å². The first-order valence-electron chi connectivity index (χ1n) is 18.1. The number of carbonyl (C=O) groups excluding carboxylic acids is 3. The molecular formula is C40H45N7O6. The maximum absolute atomic E-state index is 13.2. The van der Waals surface area contributed by atoms with Gasteiger partial charge in [0.05, 0.1) is 25.2 Å². The number of anilines is 2. The van der Waals surface area contributed by atoms with Gasteiger partial charge in [0.15, 0.2) is 0 Å². The van der Waals surface area contributed by atoms with Crippen molar-refractivity contribution in [2.24, 2.45) is 12.5 Å². The number of carbonyl (C=O) groups is 3. The number of piperidine rings is 2. The summed E-state index contributed by atoms with van der Waals surface area (Å²) in [6.07, 6.45) is 6.27. The summed E-state index contributed by atoms with van der Waals surface area (Å²) in [7, 11) is 8.98. The molecule has 13 heteroatoms. The minimum atomic E-state index is -0.610. The number of rotatable bonds is 8. The average molecular weight is 720 g/mol. The number of nitrogens with one attached hydrogen (secondary N) is 1. The van der Waals surface area contributed by atoms with Gasteiger partial charge in [-0.25, -0.2) is 4.98 Å². The second kappa shape index (κ2) is 13.2. The zero-order valence-corrected chi connectivity index (χ0v) is 30.9. The predicted molar refractivity (Wildman–Crippen MR) is 201 cm³/mol. The number of benzene rings is 2. The standard InChI is InChI=1S/C40H45N7O6/c1-43(2)35-17-28-29(18-41-35)38(50)44(3)20-30(28)24-15-33(52-4)31(34(16-24)53-5)21-45-12-10-40(11-13-45)22-46(23-40)26-6-7-27-25(14-26)19-47(39(27)51)32-8-9-36(48)42-37(32)49/h6-7,14-18,20,32H,8-13,19,21-23H2,1-5H3,(H,42,48,49). The van der Waals surface area contributed by atoms with Gasteiger partial charge in [0.25, 0.3) is 11.5 Å². The van der Waals surface area contributed by atoms with E-state index < -0.39 is 6.04 Å². The molecule has 4 aliphatic heterocycles. The average Bonchev–Trinajstić information content (AvgIpc) is 3.47. The van der Waals surface area contributed by atoms with Crippen molar-refractivity contribution in [2.45, 2.75) is 44.8 Å². The van der Waals surface area contributed by atoms with E-state index in [1.54, 1.807) is 36.9 Å². The maximum Gasteiger partial charge on any atom is 0.259 e. The molecular weight excluding hydrogens is 674 g/mol. The molecule has 1 spiro atoms. The van der Waals surface area contributed by atoms with E-state index in [0.29, 0.717) is 30.5 Å². The van der Waals surface area contributed by atoms with Crippen LogP contribution in [0.15, 0.2) is 53.6 Å². The van der Waals surface area contributed by atoms with Crippen LogP contribution < -0.4 is 30.1 Å². The summed E-state index contributed by atoms with van der Waals surface area (Å²) in [5.41, 5.74) is 5.60. The monoisotopic (exact) mass is 719 g/mol. The Balaban J connectivity index is 0.944. The number of hydrogen-bond donors (Lipinski definition) is 1. The number of hydrogen-bond acceptors (Lipinski definition) is 10.